The van der Waals surface area contributed by atoms with Crippen molar-refractivity contribution in [2.24, 2.45) is 5.10 Å². The van der Waals surface area contributed by atoms with E-state index in [1.807, 2.05) is 7.05 Å². The number of likely N-dealkylation sites (N-methyl/N-ethyl adjacent to an activating group) is 1. The lowest BCUT2D eigenvalue weighted by molar-refractivity contribution is 0.0955. The third-order valence-electron chi connectivity index (χ3n) is 5.75. The second-order valence-corrected chi connectivity index (χ2v) is 13.1. The number of sulfonamides is 2. The normalized spacial score (nSPS) is 15.9. The Hall–Kier alpha value is -3.17. The van der Waals surface area contributed by atoms with E-state index < -0.39 is 26.0 Å². The number of piperazine rings is 1. The molecule has 1 amide bonds. The van der Waals surface area contributed by atoms with Gasteiger partial charge in [0.15, 0.2) is 0 Å². The van der Waals surface area contributed by atoms with Crippen molar-refractivity contribution in [3.63, 3.8) is 0 Å². The molecule has 2 N–H and O–H groups in total. The standard InChI is InChI=1S/C23H26N6O5S3/c1-17(18-5-3-6-19(15-18)37(33,34)29-12-10-28(2)11-13-29)25-26-23(30)20-16-24-9-8-21(20)27-36(31,32)22-7-4-14-35-22/h3-9,14-16H,10-13H2,1-2H3,(H,24,27)(H,26,30). The molecule has 4 rings (SSSR count). The maximum atomic E-state index is 13.1. The Balaban J connectivity index is 1.50. The predicted octanol–water partition coefficient (Wildman–Crippen LogP) is 2.03. The molecule has 0 radical (unpaired) electrons. The van der Waals surface area contributed by atoms with Gasteiger partial charge < -0.3 is 4.90 Å². The van der Waals surface area contributed by atoms with Gasteiger partial charge in [-0.2, -0.15) is 9.41 Å². The highest BCUT2D eigenvalue weighted by atomic mass is 32.2. The zero-order chi connectivity index (χ0) is 26.6. The summed E-state index contributed by atoms with van der Waals surface area (Å²) in [5.41, 5.74) is 3.31. The fourth-order valence-electron chi connectivity index (χ4n) is 3.59. The van der Waals surface area contributed by atoms with Gasteiger partial charge in [-0.05, 0) is 49.2 Å². The van der Waals surface area contributed by atoms with Crippen LogP contribution < -0.4 is 10.1 Å². The van der Waals surface area contributed by atoms with Gasteiger partial charge in [-0.25, -0.2) is 22.3 Å². The number of amides is 1. The number of carbonyl (C=O) groups excluding carboxylic acids is 1. The van der Waals surface area contributed by atoms with Crippen LogP contribution in [0.4, 0.5) is 5.69 Å². The molecule has 1 aliphatic rings. The van der Waals surface area contributed by atoms with E-state index in [-0.39, 0.29) is 20.4 Å². The molecule has 3 heterocycles. The van der Waals surface area contributed by atoms with Crippen molar-refractivity contribution < 1.29 is 21.6 Å². The maximum absolute atomic E-state index is 13.1. The van der Waals surface area contributed by atoms with E-state index in [2.05, 4.69) is 25.1 Å². The van der Waals surface area contributed by atoms with Crippen LogP contribution in [0.2, 0.25) is 0 Å². The highest BCUT2D eigenvalue weighted by Crippen LogP contribution is 2.23. The first-order chi connectivity index (χ1) is 17.6. The fourth-order valence-corrected chi connectivity index (χ4v) is 7.14. The Morgan fingerprint density at radius 2 is 1.81 bits per heavy atom. The average molecular weight is 563 g/mol. The van der Waals surface area contributed by atoms with Crippen LogP contribution in [0.5, 0.6) is 0 Å². The van der Waals surface area contributed by atoms with Crippen LogP contribution >= 0.6 is 11.3 Å². The summed E-state index contributed by atoms with van der Waals surface area (Å²) in [4.78, 5) is 19.0. The van der Waals surface area contributed by atoms with Gasteiger partial charge in [0, 0.05) is 38.6 Å². The summed E-state index contributed by atoms with van der Waals surface area (Å²) >= 11 is 1.05. The van der Waals surface area contributed by atoms with Crippen LogP contribution in [0.3, 0.4) is 0 Å². The van der Waals surface area contributed by atoms with Crippen molar-refractivity contribution >= 4 is 48.7 Å². The quantitative estimate of drug-likeness (QED) is 0.316. The smallest absolute Gasteiger partial charge is 0.275 e. The molecule has 11 nitrogen and oxygen atoms in total. The van der Waals surface area contributed by atoms with E-state index in [0.717, 1.165) is 11.3 Å². The van der Waals surface area contributed by atoms with Gasteiger partial charge in [0.1, 0.15) is 4.21 Å². The van der Waals surface area contributed by atoms with Gasteiger partial charge in [0.05, 0.1) is 21.9 Å². The Bertz CT molecular complexity index is 1510. The van der Waals surface area contributed by atoms with E-state index in [1.165, 1.54) is 41.0 Å². The van der Waals surface area contributed by atoms with Crippen LogP contribution in [0.1, 0.15) is 22.8 Å². The van der Waals surface area contributed by atoms with E-state index in [0.29, 0.717) is 37.5 Å². The maximum Gasteiger partial charge on any atom is 0.275 e. The lowest BCUT2D eigenvalue weighted by atomic mass is 10.1. The molecule has 1 fully saturated rings. The molecule has 1 aromatic carbocycles. The molecule has 37 heavy (non-hydrogen) atoms. The summed E-state index contributed by atoms with van der Waals surface area (Å²) in [6, 6.07) is 10.8. The number of carbonyl (C=O) groups is 1. The van der Waals surface area contributed by atoms with Crippen LogP contribution in [0.15, 0.2) is 74.4 Å². The molecular formula is C23H26N6O5S3. The number of rotatable bonds is 8. The molecule has 0 bridgehead atoms. The molecule has 196 valence electrons. The van der Waals surface area contributed by atoms with Crippen molar-refractivity contribution in [1.82, 2.24) is 19.6 Å². The van der Waals surface area contributed by atoms with E-state index in [4.69, 9.17) is 0 Å². The third-order valence-corrected chi connectivity index (χ3v) is 10.4. The van der Waals surface area contributed by atoms with Crippen LogP contribution in [0, 0.1) is 0 Å². The molecular weight excluding hydrogens is 536 g/mol. The van der Waals surface area contributed by atoms with Crippen molar-refractivity contribution in [1.29, 1.82) is 0 Å². The number of anilines is 1. The van der Waals surface area contributed by atoms with Gasteiger partial charge in [0.25, 0.3) is 15.9 Å². The molecule has 0 spiro atoms. The fraction of sp³-hybridized carbons (Fsp3) is 0.261. The van der Waals surface area contributed by atoms with Gasteiger partial charge in [-0.15, -0.1) is 11.3 Å². The number of pyridine rings is 1. The average Bonchev–Trinajstić information content (AvgIpc) is 3.44. The van der Waals surface area contributed by atoms with Crippen LogP contribution in [-0.4, -0.2) is 75.9 Å². The van der Waals surface area contributed by atoms with Crippen LogP contribution in [-0.2, 0) is 20.0 Å². The number of thiophene rings is 1. The Morgan fingerprint density at radius 3 is 2.51 bits per heavy atom. The summed E-state index contributed by atoms with van der Waals surface area (Å²) in [7, 11) is -5.59. The predicted molar refractivity (Wildman–Crippen MR) is 142 cm³/mol. The van der Waals surface area contributed by atoms with Crippen molar-refractivity contribution in [2.45, 2.75) is 16.0 Å². The van der Waals surface area contributed by atoms with Gasteiger partial charge in [-0.3, -0.25) is 14.5 Å². The third kappa shape index (κ3) is 6.22. The number of nitrogens with zero attached hydrogens (tertiary/aromatic N) is 4. The first kappa shape index (κ1) is 26.9. The largest absolute Gasteiger partial charge is 0.304 e. The Kier molecular flexibility index (Phi) is 8.04. The van der Waals surface area contributed by atoms with Crippen LogP contribution in [0.25, 0.3) is 0 Å². The topological polar surface area (TPSA) is 141 Å². The number of benzene rings is 1. The minimum atomic E-state index is -3.87. The van der Waals surface area contributed by atoms with Gasteiger partial charge >= 0.3 is 0 Å². The van der Waals surface area contributed by atoms with Gasteiger partial charge in [0.2, 0.25) is 10.0 Å². The van der Waals surface area contributed by atoms with E-state index >= 15 is 0 Å². The lowest BCUT2D eigenvalue weighted by Gasteiger charge is -2.31. The van der Waals surface area contributed by atoms with Crippen molar-refractivity contribution in [2.75, 3.05) is 37.9 Å². The minimum absolute atomic E-state index is 0.0226. The minimum Gasteiger partial charge on any atom is -0.304 e. The first-order valence-corrected chi connectivity index (χ1v) is 15.0. The molecule has 0 atom stereocenters. The molecule has 1 aliphatic heterocycles. The van der Waals surface area contributed by atoms with E-state index in [9.17, 15) is 21.6 Å². The summed E-state index contributed by atoms with van der Waals surface area (Å²) in [5.74, 6) is -0.683. The Morgan fingerprint density at radius 1 is 1.05 bits per heavy atom. The Labute approximate surface area is 219 Å². The molecule has 0 aliphatic carbocycles. The summed E-state index contributed by atoms with van der Waals surface area (Å²) in [6.45, 7) is 3.77. The zero-order valence-electron chi connectivity index (χ0n) is 20.2. The summed E-state index contributed by atoms with van der Waals surface area (Å²) in [6.07, 6.45) is 2.60. The highest BCUT2D eigenvalue weighted by molar-refractivity contribution is 7.94. The number of nitrogens with one attached hydrogen (secondary N) is 2. The van der Waals surface area contributed by atoms with Crippen molar-refractivity contribution in [3.05, 3.63) is 71.4 Å². The number of hydrazone groups is 1. The summed E-state index contributed by atoms with van der Waals surface area (Å²) < 4.78 is 55.4. The van der Waals surface area contributed by atoms with E-state index in [1.54, 1.807) is 30.5 Å². The lowest BCUT2D eigenvalue weighted by Crippen LogP contribution is -2.47. The number of aromatic nitrogens is 1. The zero-order valence-corrected chi connectivity index (χ0v) is 22.6. The molecule has 3 aromatic rings. The molecule has 2 aromatic heterocycles. The number of hydrogen-bond acceptors (Lipinski definition) is 9. The number of hydrogen-bond donors (Lipinski definition) is 2. The second-order valence-electron chi connectivity index (χ2n) is 8.33. The highest BCUT2D eigenvalue weighted by Gasteiger charge is 2.27. The second kappa shape index (κ2) is 11.1. The first-order valence-electron chi connectivity index (χ1n) is 11.2. The molecule has 0 saturated carbocycles. The van der Waals surface area contributed by atoms with Gasteiger partial charge in [-0.1, -0.05) is 18.2 Å². The van der Waals surface area contributed by atoms with Crippen molar-refractivity contribution in [3.8, 4) is 0 Å². The molecule has 1 saturated heterocycles. The monoisotopic (exact) mass is 562 g/mol. The summed E-state index contributed by atoms with van der Waals surface area (Å²) in [5, 5.41) is 5.74. The molecule has 0 unspecified atom stereocenters. The SMILES string of the molecule is CC(=NNC(=O)c1cnccc1NS(=O)(=O)c1cccs1)c1cccc(S(=O)(=O)N2CCN(C)CC2)c1. The molecule has 14 heteroatoms.